The molecule has 1 rings (SSSR count). The molecule has 1 aliphatic rings. The molecule has 0 heterocycles. The first-order valence-corrected chi connectivity index (χ1v) is 11.7. The van der Waals surface area contributed by atoms with E-state index in [1.807, 2.05) is 0 Å². The molecule has 0 aromatic rings. The van der Waals surface area contributed by atoms with Gasteiger partial charge in [-0.2, -0.15) is 31.3 Å². The van der Waals surface area contributed by atoms with Gasteiger partial charge in [0.15, 0.2) is 0 Å². The van der Waals surface area contributed by atoms with Crippen LogP contribution in [0.3, 0.4) is 0 Å². The molecular weight excluding hydrogens is 469 g/mol. The molecule has 10 nitrogen and oxygen atoms in total. The smallest absolute Gasteiger partial charge is 0.314 e. The average molecular weight is 483 g/mol. The number of carbonyl (C=O) groups excluding carboxylic acids is 2. The van der Waals surface area contributed by atoms with Gasteiger partial charge >= 0.3 is 22.2 Å². The van der Waals surface area contributed by atoms with E-state index >= 15 is 0 Å². The van der Waals surface area contributed by atoms with Crippen molar-refractivity contribution in [1.82, 2.24) is 0 Å². The van der Waals surface area contributed by atoms with Gasteiger partial charge in [-0.05, 0) is 13.8 Å². The first kappa shape index (κ1) is 25.0. The van der Waals surface area contributed by atoms with Crippen molar-refractivity contribution in [2.24, 2.45) is 5.92 Å². The lowest BCUT2D eigenvalue weighted by Crippen LogP contribution is -2.43. The third-order valence-corrected chi connectivity index (χ3v) is 6.08. The second-order valence-electron chi connectivity index (χ2n) is 5.24. The summed E-state index contributed by atoms with van der Waals surface area (Å²) in [6.45, 7) is 1.64. The standard InChI is InChI=1S/C13H14F3O10S3/c1-3-25-12(17)11(13(18)26-4-2)10-8(28(15,21)22)5-7(27(14,19)20)6-9(10)29(16,23)24/h5-6,8,11H,3-4H2,1-2H3/q-1. The van der Waals surface area contributed by atoms with E-state index in [2.05, 4.69) is 9.47 Å². The molecule has 0 fully saturated rings. The predicted octanol–water partition coefficient (Wildman–Crippen LogP) is 0.351. The second-order valence-corrected chi connectivity index (χ2v) is 9.36. The Morgan fingerprint density at radius 2 is 1.41 bits per heavy atom. The van der Waals surface area contributed by atoms with Gasteiger partial charge in [0.1, 0.15) is 5.92 Å². The van der Waals surface area contributed by atoms with Crippen LogP contribution in [0.4, 0.5) is 11.7 Å². The maximum absolute atomic E-state index is 13.8. The van der Waals surface area contributed by atoms with Crippen molar-refractivity contribution in [1.29, 1.82) is 0 Å². The lowest BCUT2D eigenvalue weighted by Gasteiger charge is -2.38. The van der Waals surface area contributed by atoms with Crippen molar-refractivity contribution in [2.75, 3.05) is 13.2 Å². The topological polar surface area (TPSA) is 155 Å². The van der Waals surface area contributed by atoms with Crippen molar-refractivity contribution in [2.45, 2.75) is 19.1 Å². The highest BCUT2D eigenvalue weighted by atomic mass is 32.3. The molecule has 0 aliphatic heterocycles. The molecule has 16 heteroatoms. The molecule has 0 bridgehead atoms. The summed E-state index contributed by atoms with van der Waals surface area (Å²) in [6.07, 6.45) is -0.312. The normalized spacial score (nSPS) is 18.1. The van der Waals surface area contributed by atoms with Crippen molar-refractivity contribution in [3.8, 4) is 0 Å². The van der Waals surface area contributed by atoms with Gasteiger partial charge in [0, 0.05) is 4.91 Å². The van der Waals surface area contributed by atoms with Gasteiger partial charge in [-0.25, -0.2) is 0 Å². The molecule has 29 heavy (non-hydrogen) atoms. The number of hydrogen-bond acceptors (Lipinski definition) is 10. The van der Waals surface area contributed by atoms with Crippen LogP contribution in [-0.4, -0.2) is 55.7 Å². The average Bonchev–Trinajstić information content (AvgIpc) is 2.52. The van der Waals surface area contributed by atoms with Crippen LogP contribution >= 0.6 is 0 Å². The van der Waals surface area contributed by atoms with Crippen LogP contribution in [0.2, 0.25) is 0 Å². The number of esters is 2. The Bertz CT molecular complexity index is 1040. The van der Waals surface area contributed by atoms with E-state index < -0.39 is 82.7 Å². The zero-order valence-corrected chi connectivity index (χ0v) is 17.1. The van der Waals surface area contributed by atoms with Crippen molar-refractivity contribution >= 4 is 42.6 Å². The van der Waals surface area contributed by atoms with Crippen molar-refractivity contribution in [3.05, 3.63) is 27.9 Å². The van der Waals surface area contributed by atoms with Crippen LogP contribution in [0.25, 0.3) is 0 Å². The number of rotatable bonds is 8. The maximum Gasteiger partial charge on any atom is 0.314 e. The third-order valence-electron chi connectivity index (χ3n) is 3.38. The first-order valence-electron chi connectivity index (χ1n) is 7.52. The van der Waals surface area contributed by atoms with Crippen LogP contribution in [0, 0.1) is 11.8 Å². The van der Waals surface area contributed by atoms with E-state index in [-0.39, 0.29) is 12.2 Å². The second kappa shape index (κ2) is 8.74. The Hall–Kier alpha value is -2.07. The van der Waals surface area contributed by atoms with Crippen LogP contribution < -0.4 is 0 Å². The summed E-state index contributed by atoms with van der Waals surface area (Å²) in [5.41, 5.74) is 0. The fourth-order valence-electron chi connectivity index (χ4n) is 2.34. The van der Waals surface area contributed by atoms with E-state index in [1.165, 1.54) is 13.8 Å². The van der Waals surface area contributed by atoms with E-state index in [1.54, 1.807) is 0 Å². The Morgan fingerprint density at radius 3 is 1.72 bits per heavy atom. The highest BCUT2D eigenvalue weighted by Gasteiger charge is 2.45. The quantitative estimate of drug-likeness (QED) is 0.204. The summed E-state index contributed by atoms with van der Waals surface area (Å²) in [5.74, 6) is -7.42. The molecule has 166 valence electrons. The van der Waals surface area contributed by atoms with Crippen LogP contribution in [0.15, 0.2) is 22.0 Å². The number of ether oxygens (including phenoxy) is 2. The number of halogens is 3. The molecule has 1 unspecified atom stereocenters. The van der Waals surface area contributed by atoms with Crippen molar-refractivity contribution in [3.63, 3.8) is 0 Å². The zero-order chi connectivity index (χ0) is 22.8. The van der Waals surface area contributed by atoms with Crippen LogP contribution in [0.5, 0.6) is 0 Å². The lowest BCUT2D eigenvalue weighted by atomic mass is 9.86. The van der Waals surface area contributed by atoms with Gasteiger partial charge < -0.3 is 9.47 Å². The fraction of sp³-hybridized carbons (Fsp3) is 0.462. The summed E-state index contributed by atoms with van der Waals surface area (Å²) >= 11 is 0. The Labute approximate surface area is 165 Å². The lowest BCUT2D eigenvalue weighted by molar-refractivity contribution is -0.160. The van der Waals surface area contributed by atoms with E-state index in [4.69, 9.17) is 0 Å². The zero-order valence-electron chi connectivity index (χ0n) is 14.7. The van der Waals surface area contributed by atoms with Gasteiger partial charge in [0.2, 0.25) is 0 Å². The minimum Gasteiger partial charge on any atom is -0.466 e. The molecule has 0 aromatic carbocycles. The molecule has 1 aliphatic carbocycles. The monoisotopic (exact) mass is 483 g/mol. The SMILES string of the molecule is CCOC(=O)C(C(=O)OCC)[C-]1C(S(=O)(=O)F)=CC(S(=O)(=O)F)=CC1S(=O)(=O)F. The minimum atomic E-state index is -6.10. The molecule has 0 saturated carbocycles. The van der Waals surface area contributed by atoms with Gasteiger partial charge in [0.05, 0.1) is 18.5 Å². The van der Waals surface area contributed by atoms with Gasteiger partial charge in [-0.3, -0.25) is 9.59 Å². The van der Waals surface area contributed by atoms with Gasteiger partial charge in [-0.1, -0.05) is 11.0 Å². The van der Waals surface area contributed by atoms with Crippen molar-refractivity contribution < 1.29 is 56.0 Å². The fourth-order valence-corrected chi connectivity index (χ4v) is 4.81. The summed E-state index contributed by atoms with van der Waals surface area (Å²) in [4.78, 5) is 20.7. The number of carbonyl (C=O) groups is 2. The molecule has 1 atom stereocenters. The van der Waals surface area contributed by atoms with E-state index in [0.29, 0.717) is 0 Å². The highest BCUT2D eigenvalue weighted by molar-refractivity contribution is 7.92. The Morgan fingerprint density at radius 1 is 0.966 bits per heavy atom. The van der Waals surface area contributed by atoms with E-state index in [9.17, 15) is 46.5 Å². The molecule has 0 saturated heterocycles. The first-order chi connectivity index (χ1) is 13.1. The van der Waals surface area contributed by atoms with Crippen LogP contribution in [0.1, 0.15) is 13.8 Å². The Kier molecular flexibility index (Phi) is 7.53. The molecular formula is C13H14F3O10S3-. The summed E-state index contributed by atoms with van der Waals surface area (Å²) < 4.78 is 118. The minimum absolute atomic E-state index is 0.125. The Balaban J connectivity index is 3.92. The summed E-state index contributed by atoms with van der Waals surface area (Å²) in [7, 11) is -18.0. The molecule has 0 aromatic heterocycles. The predicted molar refractivity (Wildman–Crippen MR) is 90.0 cm³/mol. The van der Waals surface area contributed by atoms with Gasteiger partial charge in [-0.15, -0.1) is 17.6 Å². The number of hydrogen-bond donors (Lipinski definition) is 0. The summed E-state index contributed by atoms with van der Waals surface area (Å²) in [5, 5.41) is -3.02. The molecule has 0 spiro atoms. The molecule has 0 amide bonds. The molecule has 0 N–H and O–H groups in total. The largest absolute Gasteiger partial charge is 0.466 e. The maximum atomic E-state index is 13.8. The van der Waals surface area contributed by atoms with E-state index in [0.717, 1.165) is 0 Å². The highest BCUT2D eigenvalue weighted by Crippen LogP contribution is 2.42. The van der Waals surface area contributed by atoms with Crippen LogP contribution in [-0.2, 0) is 49.7 Å². The third kappa shape index (κ3) is 5.96. The van der Waals surface area contributed by atoms with Gasteiger partial charge in [0.25, 0.3) is 20.4 Å². The number of allylic oxidation sites excluding steroid dienone is 2. The molecule has 0 radical (unpaired) electrons. The summed E-state index contributed by atoms with van der Waals surface area (Å²) in [6, 6.07) is 0.